The number of hydrogen-bond donors (Lipinski definition) is 1. The van der Waals surface area contributed by atoms with Crippen molar-refractivity contribution in [1.29, 1.82) is 0 Å². The van der Waals surface area contributed by atoms with Crippen molar-refractivity contribution < 1.29 is 4.42 Å². The van der Waals surface area contributed by atoms with Crippen LogP contribution < -0.4 is 5.73 Å². The van der Waals surface area contributed by atoms with E-state index in [4.69, 9.17) is 10.2 Å². The fourth-order valence-electron chi connectivity index (χ4n) is 2.45. The van der Waals surface area contributed by atoms with Gasteiger partial charge in [0.05, 0.1) is 11.6 Å². The van der Waals surface area contributed by atoms with Crippen molar-refractivity contribution >= 4 is 10.9 Å². The molecule has 0 amide bonds. The van der Waals surface area contributed by atoms with E-state index in [2.05, 4.69) is 18.0 Å². The van der Waals surface area contributed by atoms with Crippen LogP contribution in [0.2, 0.25) is 0 Å². The van der Waals surface area contributed by atoms with E-state index in [0.29, 0.717) is 0 Å². The first-order chi connectivity index (χ1) is 9.78. The molecule has 1 unspecified atom stereocenters. The number of aryl methyl sites for hydroxylation is 1. The summed E-state index contributed by atoms with van der Waals surface area (Å²) in [7, 11) is 0. The van der Waals surface area contributed by atoms with E-state index < -0.39 is 0 Å². The first-order valence-electron chi connectivity index (χ1n) is 6.94. The zero-order valence-electron chi connectivity index (χ0n) is 11.5. The summed E-state index contributed by atoms with van der Waals surface area (Å²) in [5.74, 6) is 1.83. The third kappa shape index (κ3) is 2.45. The van der Waals surface area contributed by atoms with Crippen LogP contribution >= 0.6 is 0 Å². The summed E-state index contributed by atoms with van der Waals surface area (Å²) in [6.45, 7) is 2.07. The highest BCUT2D eigenvalue weighted by Crippen LogP contribution is 2.23. The maximum atomic E-state index is 6.27. The molecule has 0 aliphatic rings. The van der Waals surface area contributed by atoms with Gasteiger partial charge in [0.15, 0.2) is 0 Å². The van der Waals surface area contributed by atoms with Gasteiger partial charge in [-0.15, -0.1) is 0 Å². The molecule has 1 aromatic carbocycles. The van der Waals surface area contributed by atoms with E-state index in [1.165, 1.54) is 5.56 Å². The lowest BCUT2D eigenvalue weighted by Crippen LogP contribution is -2.12. The zero-order chi connectivity index (χ0) is 13.9. The number of nitrogens with two attached hydrogens (primary N) is 1. The Morgan fingerprint density at radius 3 is 2.80 bits per heavy atom. The minimum Gasteiger partial charge on any atom is -0.464 e. The minimum atomic E-state index is -0.124. The fourth-order valence-corrected chi connectivity index (χ4v) is 2.45. The van der Waals surface area contributed by atoms with Gasteiger partial charge >= 0.3 is 0 Å². The third-order valence-corrected chi connectivity index (χ3v) is 3.58. The summed E-state index contributed by atoms with van der Waals surface area (Å²) in [6, 6.07) is 14.0. The normalized spacial score (nSPS) is 12.7. The van der Waals surface area contributed by atoms with Crippen molar-refractivity contribution in [2.24, 2.45) is 5.73 Å². The van der Waals surface area contributed by atoms with Crippen LogP contribution in [0.5, 0.6) is 0 Å². The first-order valence-corrected chi connectivity index (χ1v) is 6.94. The summed E-state index contributed by atoms with van der Waals surface area (Å²) in [6.07, 6.45) is 3.48. The van der Waals surface area contributed by atoms with E-state index >= 15 is 0 Å². The Morgan fingerprint density at radius 1 is 1.15 bits per heavy atom. The molecule has 0 radical (unpaired) electrons. The molecule has 0 aliphatic heterocycles. The summed E-state index contributed by atoms with van der Waals surface area (Å²) >= 11 is 0. The van der Waals surface area contributed by atoms with E-state index in [0.717, 1.165) is 35.3 Å². The Balaban J connectivity index is 1.89. The molecule has 2 aromatic heterocycles. The predicted molar refractivity (Wildman–Crippen MR) is 80.5 cm³/mol. The number of aromatic nitrogens is 1. The van der Waals surface area contributed by atoms with Crippen LogP contribution in [0.15, 0.2) is 53.1 Å². The maximum absolute atomic E-state index is 6.27. The summed E-state index contributed by atoms with van der Waals surface area (Å²) in [5.41, 5.74) is 8.48. The van der Waals surface area contributed by atoms with Gasteiger partial charge in [-0.25, -0.2) is 0 Å². The van der Waals surface area contributed by atoms with Crippen LogP contribution in [0.1, 0.15) is 30.0 Å². The van der Waals surface area contributed by atoms with Gasteiger partial charge < -0.3 is 10.2 Å². The quantitative estimate of drug-likeness (QED) is 0.784. The Hall–Kier alpha value is -2.13. The SMILES string of the molecule is CCc1ccc(C(N)Cc2ccnc3ccccc23)o1. The molecular weight excluding hydrogens is 248 g/mol. The lowest BCUT2D eigenvalue weighted by Gasteiger charge is -2.11. The van der Waals surface area contributed by atoms with Crippen LogP contribution in [0, 0.1) is 0 Å². The van der Waals surface area contributed by atoms with Gasteiger partial charge in [-0.05, 0) is 36.2 Å². The molecule has 0 spiro atoms. The van der Waals surface area contributed by atoms with Crippen LogP contribution in [0.3, 0.4) is 0 Å². The number of benzene rings is 1. The van der Waals surface area contributed by atoms with Crippen LogP contribution in [0.25, 0.3) is 10.9 Å². The first kappa shape index (κ1) is 12.9. The van der Waals surface area contributed by atoms with Gasteiger partial charge in [0.2, 0.25) is 0 Å². The highest BCUT2D eigenvalue weighted by atomic mass is 16.3. The number of rotatable bonds is 4. The summed E-state index contributed by atoms with van der Waals surface area (Å²) in [4.78, 5) is 4.38. The largest absolute Gasteiger partial charge is 0.464 e. The van der Waals surface area contributed by atoms with E-state index in [1.807, 2.05) is 42.6 Å². The molecule has 102 valence electrons. The molecular formula is C17H18N2O. The standard InChI is InChI=1S/C17H18N2O/c1-2-13-7-8-17(20-13)15(18)11-12-9-10-19-16-6-4-3-5-14(12)16/h3-10,15H,2,11,18H2,1H3. The Bertz CT molecular complexity index is 712. The number of pyridine rings is 1. The maximum Gasteiger partial charge on any atom is 0.121 e. The molecule has 0 saturated carbocycles. The average Bonchev–Trinajstić information content (AvgIpc) is 2.97. The smallest absolute Gasteiger partial charge is 0.121 e. The monoisotopic (exact) mass is 266 g/mol. The van der Waals surface area contributed by atoms with Crippen molar-refractivity contribution in [3.63, 3.8) is 0 Å². The Morgan fingerprint density at radius 2 is 2.00 bits per heavy atom. The van der Waals surface area contributed by atoms with Crippen molar-refractivity contribution in [3.05, 3.63) is 65.7 Å². The number of hydrogen-bond acceptors (Lipinski definition) is 3. The predicted octanol–water partition coefficient (Wildman–Crippen LogP) is 3.63. The molecule has 0 fully saturated rings. The second-order valence-corrected chi connectivity index (χ2v) is 4.96. The number of nitrogens with zero attached hydrogens (tertiary/aromatic N) is 1. The number of para-hydroxylation sites is 1. The summed E-state index contributed by atoms with van der Waals surface area (Å²) < 4.78 is 5.74. The molecule has 0 aliphatic carbocycles. The van der Waals surface area contributed by atoms with Crippen LogP contribution in [-0.2, 0) is 12.8 Å². The second kappa shape index (κ2) is 5.47. The van der Waals surface area contributed by atoms with Crippen molar-refractivity contribution in [3.8, 4) is 0 Å². The molecule has 2 heterocycles. The third-order valence-electron chi connectivity index (χ3n) is 3.58. The number of furan rings is 1. The van der Waals surface area contributed by atoms with Gasteiger partial charge in [-0.2, -0.15) is 0 Å². The lowest BCUT2D eigenvalue weighted by atomic mass is 10.0. The van der Waals surface area contributed by atoms with Crippen molar-refractivity contribution in [1.82, 2.24) is 4.98 Å². The average molecular weight is 266 g/mol. The molecule has 3 rings (SSSR count). The topological polar surface area (TPSA) is 52.0 Å². The lowest BCUT2D eigenvalue weighted by molar-refractivity contribution is 0.435. The van der Waals surface area contributed by atoms with E-state index in [-0.39, 0.29) is 6.04 Å². The highest BCUT2D eigenvalue weighted by molar-refractivity contribution is 5.81. The van der Waals surface area contributed by atoms with Gasteiger partial charge in [-0.1, -0.05) is 25.1 Å². The molecule has 3 heteroatoms. The highest BCUT2D eigenvalue weighted by Gasteiger charge is 2.13. The second-order valence-electron chi connectivity index (χ2n) is 4.96. The van der Waals surface area contributed by atoms with E-state index in [1.54, 1.807) is 0 Å². The van der Waals surface area contributed by atoms with Crippen LogP contribution in [0.4, 0.5) is 0 Å². The zero-order valence-corrected chi connectivity index (χ0v) is 11.5. The molecule has 20 heavy (non-hydrogen) atoms. The van der Waals surface area contributed by atoms with E-state index in [9.17, 15) is 0 Å². The molecule has 0 bridgehead atoms. The molecule has 0 saturated heterocycles. The van der Waals surface area contributed by atoms with Gasteiger partial charge in [0.1, 0.15) is 11.5 Å². The van der Waals surface area contributed by atoms with Crippen LogP contribution in [-0.4, -0.2) is 4.98 Å². The van der Waals surface area contributed by atoms with Crippen molar-refractivity contribution in [2.75, 3.05) is 0 Å². The number of fused-ring (bicyclic) bond motifs is 1. The van der Waals surface area contributed by atoms with Gasteiger partial charge in [0.25, 0.3) is 0 Å². The molecule has 3 nitrogen and oxygen atoms in total. The Kier molecular flexibility index (Phi) is 3.52. The van der Waals surface area contributed by atoms with Gasteiger partial charge in [0, 0.05) is 18.0 Å². The molecule has 1 atom stereocenters. The molecule has 2 N–H and O–H groups in total. The fraction of sp³-hybridized carbons (Fsp3) is 0.235. The van der Waals surface area contributed by atoms with Gasteiger partial charge in [-0.3, -0.25) is 4.98 Å². The summed E-state index contributed by atoms with van der Waals surface area (Å²) in [5, 5.41) is 1.16. The molecule has 3 aromatic rings. The minimum absolute atomic E-state index is 0.124. The Labute approximate surface area is 118 Å². The van der Waals surface area contributed by atoms with Crippen molar-refractivity contribution in [2.45, 2.75) is 25.8 Å².